The van der Waals surface area contributed by atoms with Crippen molar-refractivity contribution in [1.82, 2.24) is 0 Å². The summed E-state index contributed by atoms with van der Waals surface area (Å²) in [5.74, 6) is 1.33. The van der Waals surface area contributed by atoms with Crippen LogP contribution in [0, 0.1) is 0 Å². The Morgan fingerprint density at radius 1 is 1.24 bits per heavy atom. The molecule has 0 fully saturated rings. The third-order valence-electron chi connectivity index (χ3n) is 2.47. The van der Waals surface area contributed by atoms with Crippen LogP contribution in [-0.2, 0) is 11.3 Å². The van der Waals surface area contributed by atoms with Gasteiger partial charge in [-0.05, 0) is 24.6 Å². The summed E-state index contributed by atoms with van der Waals surface area (Å²) in [6, 6.07) is 5.41. The molecule has 1 atom stereocenters. The largest absolute Gasteiger partial charge is 0.493 e. The summed E-state index contributed by atoms with van der Waals surface area (Å²) in [7, 11) is 3.26. The van der Waals surface area contributed by atoms with Gasteiger partial charge < -0.3 is 19.3 Å². The fraction of sp³-hybridized carbons (Fsp3) is 0.538. The second-order valence-corrected chi connectivity index (χ2v) is 3.85. The van der Waals surface area contributed by atoms with E-state index in [0.717, 1.165) is 12.0 Å². The van der Waals surface area contributed by atoms with E-state index < -0.39 is 0 Å². The maximum atomic E-state index is 9.03. The molecule has 0 aliphatic rings. The maximum absolute atomic E-state index is 9.03. The molecule has 1 aromatic carbocycles. The zero-order valence-corrected chi connectivity index (χ0v) is 10.6. The van der Waals surface area contributed by atoms with Crippen LogP contribution in [0.15, 0.2) is 18.2 Å². The van der Waals surface area contributed by atoms with Gasteiger partial charge in [0.05, 0.1) is 19.8 Å². The molecule has 0 heterocycles. The lowest BCUT2D eigenvalue weighted by Gasteiger charge is -2.17. The fourth-order valence-corrected chi connectivity index (χ4v) is 1.47. The minimum absolute atomic E-state index is 0.00410. The SMILES string of the molecule is COCCC(C)Oc1ccc(CO)cc1OC. The molecule has 0 aliphatic carbocycles. The Balaban J connectivity index is 2.69. The quantitative estimate of drug-likeness (QED) is 0.791. The van der Waals surface area contributed by atoms with Gasteiger partial charge in [-0.15, -0.1) is 0 Å². The number of hydrogen-bond donors (Lipinski definition) is 1. The highest BCUT2D eigenvalue weighted by molar-refractivity contribution is 5.42. The van der Waals surface area contributed by atoms with E-state index in [1.165, 1.54) is 0 Å². The van der Waals surface area contributed by atoms with Gasteiger partial charge in [0.25, 0.3) is 0 Å². The standard InChI is InChI=1S/C13H20O4/c1-10(6-7-15-2)17-12-5-4-11(9-14)8-13(12)16-3/h4-5,8,10,14H,6-7,9H2,1-3H3. The molecule has 1 unspecified atom stereocenters. The molecule has 0 saturated carbocycles. The van der Waals surface area contributed by atoms with Gasteiger partial charge in [-0.1, -0.05) is 6.07 Å². The van der Waals surface area contributed by atoms with Gasteiger partial charge in [-0.25, -0.2) is 0 Å². The zero-order chi connectivity index (χ0) is 12.7. The molecule has 4 heteroatoms. The third-order valence-corrected chi connectivity index (χ3v) is 2.47. The summed E-state index contributed by atoms with van der Waals surface area (Å²) >= 11 is 0. The summed E-state index contributed by atoms with van der Waals surface area (Å²) in [4.78, 5) is 0. The Hall–Kier alpha value is -1.26. The van der Waals surface area contributed by atoms with Crippen molar-refractivity contribution in [3.63, 3.8) is 0 Å². The van der Waals surface area contributed by atoms with Crippen molar-refractivity contribution >= 4 is 0 Å². The first kappa shape index (κ1) is 13.8. The minimum atomic E-state index is -0.00410. The number of rotatable bonds is 7. The molecule has 0 bridgehead atoms. The molecule has 4 nitrogen and oxygen atoms in total. The van der Waals surface area contributed by atoms with Crippen molar-refractivity contribution in [1.29, 1.82) is 0 Å². The van der Waals surface area contributed by atoms with Crippen LogP contribution in [0.25, 0.3) is 0 Å². The molecule has 0 aliphatic heterocycles. The van der Waals surface area contributed by atoms with Crippen molar-refractivity contribution in [2.75, 3.05) is 20.8 Å². The predicted molar refractivity (Wildman–Crippen MR) is 65.5 cm³/mol. The zero-order valence-electron chi connectivity index (χ0n) is 10.6. The lowest BCUT2D eigenvalue weighted by atomic mass is 10.2. The molecular formula is C13H20O4. The fourth-order valence-electron chi connectivity index (χ4n) is 1.47. The molecule has 0 amide bonds. The first-order valence-electron chi connectivity index (χ1n) is 5.64. The third kappa shape index (κ3) is 4.24. The van der Waals surface area contributed by atoms with Gasteiger partial charge in [0.15, 0.2) is 11.5 Å². The summed E-state index contributed by atoms with van der Waals surface area (Å²) in [6.45, 7) is 2.65. The van der Waals surface area contributed by atoms with E-state index in [0.29, 0.717) is 18.1 Å². The lowest BCUT2D eigenvalue weighted by molar-refractivity contribution is 0.132. The van der Waals surface area contributed by atoms with Gasteiger partial charge >= 0.3 is 0 Å². The molecule has 0 radical (unpaired) electrons. The molecule has 17 heavy (non-hydrogen) atoms. The van der Waals surface area contributed by atoms with Crippen LogP contribution in [0.4, 0.5) is 0 Å². The number of benzene rings is 1. The molecule has 1 aromatic rings. The molecule has 96 valence electrons. The monoisotopic (exact) mass is 240 g/mol. The molecule has 0 saturated heterocycles. The first-order chi connectivity index (χ1) is 8.21. The highest BCUT2D eigenvalue weighted by atomic mass is 16.5. The second-order valence-electron chi connectivity index (χ2n) is 3.85. The van der Waals surface area contributed by atoms with Crippen LogP contribution in [0.3, 0.4) is 0 Å². The smallest absolute Gasteiger partial charge is 0.161 e. The number of hydrogen-bond acceptors (Lipinski definition) is 4. The summed E-state index contributed by atoms with van der Waals surface area (Å²) in [5.41, 5.74) is 0.804. The van der Waals surface area contributed by atoms with E-state index in [1.807, 2.05) is 19.1 Å². The minimum Gasteiger partial charge on any atom is -0.493 e. The van der Waals surface area contributed by atoms with E-state index in [-0.39, 0.29) is 12.7 Å². The van der Waals surface area contributed by atoms with Gasteiger partial charge in [0.1, 0.15) is 0 Å². The Morgan fingerprint density at radius 2 is 2.00 bits per heavy atom. The average molecular weight is 240 g/mol. The van der Waals surface area contributed by atoms with Crippen molar-refractivity contribution in [2.45, 2.75) is 26.1 Å². The van der Waals surface area contributed by atoms with E-state index in [2.05, 4.69) is 0 Å². The number of methoxy groups -OCH3 is 2. The van der Waals surface area contributed by atoms with Crippen LogP contribution < -0.4 is 9.47 Å². The molecule has 0 aromatic heterocycles. The van der Waals surface area contributed by atoms with Gasteiger partial charge in [-0.2, -0.15) is 0 Å². The Labute approximate surface area is 102 Å². The summed E-state index contributed by atoms with van der Waals surface area (Å²) in [6.07, 6.45) is 0.880. The molecule has 1 rings (SSSR count). The van der Waals surface area contributed by atoms with Crippen LogP contribution >= 0.6 is 0 Å². The van der Waals surface area contributed by atoms with Crippen LogP contribution in [0.2, 0.25) is 0 Å². The average Bonchev–Trinajstić information content (AvgIpc) is 2.36. The van der Waals surface area contributed by atoms with Crippen molar-refractivity contribution < 1.29 is 19.3 Å². The summed E-state index contributed by atoms with van der Waals surface area (Å²) < 4.78 is 16.0. The number of aliphatic hydroxyl groups excluding tert-OH is 1. The Bertz CT molecular complexity index is 338. The Morgan fingerprint density at radius 3 is 2.59 bits per heavy atom. The summed E-state index contributed by atoms with van der Waals surface area (Å²) in [5, 5.41) is 9.03. The maximum Gasteiger partial charge on any atom is 0.161 e. The van der Waals surface area contributed by atoms with Gasteiger partial charge in [-0.3, -0.25) is 0 Å². The molecular weight excluding hydrogens is 220 g/mol. The highest BCUT2D eigenvalue weighted by Crippen LogP contribution is 2.29. The van der Waals surface area contributed by atoms with Crippen LogP contribution in [0.5, 0.6) is 11.5 Å². The van der Waals surface area contributed by atoms with E-state index in [9.17, 15) is 0 Å². The van der Waals surface area contributed by atoms with Crippen molar-refractivity contribution in [3.05, 3.63) is 23.8 Å². The second kappa shape index (κ2) is 7.14. The van der Waals surface area contributed by atoms with Gasteiger partial charge in [0, 0.05) is 20.1 Å². The molecule has 0 spiro atoms. The number of aliphatic hydroxyl groups is 1. The highest BCUT2D eigenvalue weighted by Gasteiger charge is 2.09. The lowest BCUT2D eigenvalue weighted by Crippen LogP contribution is -2.14. The Kier molecular flexibility index (Phi) is 5.80. The normalized spacial score (nSPS) is 12.2. The molecule has 1 N–H and O–H groups in total. The van der Waals surface area contributed by atoms with Gasteiger partial charge in [0.2, 0.25) is 0 Å². The van der Waals surface area contributed by atoms with Crippen LogP contribution in [0.1, 0.15) is 18.9 Å². The predicted octanol–water partition coefficient (Wildman–Crippen LogP) is 1.99. The topological polar surface area (TPSA) is 47.9 Å². The first-order valence-corrected chi connectivity index (χ1v) is 5.64. The van der Waals surface area contributed by atoms with E-state index in [4.69, 9.17) is 19.3 Å². The van der Waals surface area contributed by atoms with E-state index in [1.54, 1.807) is 20.3 Å². The van der Waals surface area contributed by atoms with E-state index >= 15 is 0 Å². The number of ether oxygens (including phenoxy) is 3. The van der Waals surface area contributed by atoms with Crippen LogP contribution in [-0.4, -0.2) is 32.0 Å². The van der Waals surface area contributed by atoms with Crippen molar-refractivity contribution in [2.24, 2.45) is 0 Å². The van der Waals surface area contributed by atoms with Crippen molar-refractivity contribution in [3.8, 4) is 11.5 Å².